The SMILES string of the molecule is Cc1cn(C2=CC(C(=O)N3CCC4(CCN(C(=O)c5cccc(-c6cn7ccccc7n6)c5)CC4)CC3)CC=C2)cn1. The average Bonchev–Trinajstić information content (AvgIpc) is 3.68. The number of aryl methyl sites for hydroxylation is 1. The van der Waals surface area contributed by atoms with Gasteiger partial charge in [0, 0.05) is 61.6 Å². The van der Waals surface area contributed by atoms with Gasteiger partial charge in [0.05, 0.1) is 23.6 Å². The van der Waals surface area contributed by atoms with Crippen molar-refractivity contribution in [2.45, 2.75) is 39.0 Å². The predicted molar refractivity (Wildman–Crippen MR) is 162 cm³/mol. The third kappa shape index (κ3) is 5.06. The number of amides is 2. The van der Waals surface area contributed by atoms with Gasteiger partial charge in [0.2, 0.25) is 5.91 Å². The second kappa shape index (κ2) is 10.7. The molecule has 1 aromatic carbocycles. The molecule has 1 spiro atoms. The van der Waals surface area contributed by atoms with Crippen LogP contribution in [0.4, 0.5) is 0 Å². The fourth-order valence-electron chi connectivity index (χ4n) is 6.76. The zero-order valence-electron chi connectivity index (χ0n) is 24.0. The van der Waals surface area contributed by atoms with E-state index in [1.54, 1.807) is 6.33 Å². The summed E-state index contributed by atoms with van der Waals surface area (Å²) in [5, 5.41) is 0. The Kier molecular flexibility index (Phi) is 6.76. The van der Waals surface area contributed by atoms with Crippen LogP contribution in [0.5, 0.6) is 0 Å². The zero-order chi connectivity index (χ0) is 28.7. The molecule has 3 aromatic heterocycles. The monoisotopic (exact) mass is 560 g/mol. The Morgan fingerprint density at radius 2 is 1.71 bits per heavy atom. The highest BCUT2D eigenvalue weighted by Gasteiger charge is 2.40. The zero-order valence-corrected chi connectivity index (χ0v) is 24.0. The van der Waals surface area contributed by atoms with Crippen LogP contribution >= 0.6 is 0 Å². The van der Waals surface area contributed by atoms with Crippen molar-refractivity contribution in [1.29, 1.82) is 0 Å². The van der Waals surface area contributed by atoms with Gasteiger partial charge in [0.25, 0.3) is 5.91 Å². The molecule has 0 bridgehead atoms. The summed E-state index contributed by atoms with van der Waals surface area (Å²) in [4.78, 5) is 40.1. The van der Waals surface area contributed by atoms with Crippen LogP contribution in [0.1, 0.15) is 48.2 Å². The molecule has 7 rings (SSSR count). The third-order valence-corrected chi connectivity index (χ3v) is 9.39. The average molecular weight is 561 g/mol. The summed E-state index contributed by atoms with van der Waals surface area (Å²) in [5.74, 6) is 0.184. The number of fused-ring (bicyclic) bond motifs is 1. The molecule has 1 atom stereocenters. The molecule has 8 heteroatoms. The minimum absolute atomic E-state index is 0.0871. The van der Waals surface area contributed by atoms with Crippen molar-refractivity contribution >= 4 is 23.2 Å². The first-order valence-corrected chi connectivity index (χ1v) is 15.0. The van der Waals surface area contributed by atoms with Crippen LogP contribution in [0, 0.1) is 18.3 Å². The first-order valence-electron chi connectivity index (χ1n) is 15.0. The van der Waals surface area contributed by atoms with E-state index in [1.165, 1.54) is 0 Å². The molecule has 2 amide bonds. The lowest BCUT2D eigenvalue weighted by atomic mass is 9.71. The van der Waals surface area contributed by atoms with E-state index in [9.17, 15) is 9.59 Å². The van der Waals surface area contributed by atoms with E-state index >= 15 is 0 Å². The van der Waals surface area contributed by atoms with Gasteiger partial charge in [-0.25, -0.2) is 9.97 Å². The first-order chi connectivity index (χ1) is 20.5. The maximum absolute atomic E-state index is 13.5. The second-order valence-corrected chi connectivity index (χ2v) is 12.0. The van der Waals surface area contributed by atoms with Crippen LogP contribution in [0.3, 0.4) is 0 Å². The van der Waals surface area contributed by atoms with Crippen molar-refractivity contribution in [2.24, 2.45) is 11.3 Å². The second-order valence-electron chi connectivity index (χ2n) is 12.0. The molecule has 8 nitrogen and oxygen atoms in total. The van der Waals surface area contributed by atoms with E-state index in [4.69, 9.17) is 4.98 Å². The van der Waals surface area contributed by atoms with Crippen LogP contribution in [0.15, 0.2) is 85.6 Å². The smallest absolute Gasteiger partial charge is 0.253 e. The number of hydrogen-bond acceptors (Lipinski definition) is 4. The van der Waals surface area contributed by atoms with Crippen LogP contribution in [0.2, 0.25) is 0 Å². The van der Waals surface area contributed by atoms with Crippen molar-refractivity contribution in [1.82, 2.24) is 28.7 Å². The Bertz CT molecular complexity index is 1660. The number of likely N-dealkylation sites (tertiary alicyclic amines) is 2. The highest BCUT2D eigenvalue weighted by Crippen LogP contribution is 2.42. The van der Waals surface area contributed by atoms with Crippen molar-refractivity contribution in [3.05, 3.63) is 96.9 Å². The number of imidazole rings is 2. The number of rotatable bonds is 4. The maximum atomic E-state index is 13.5. The molecule has 2 saturated heterocycles. The lowest BCUT2D eigenvalue weighted by molar-refractivity contribution is -0.136. The summed E-state index contributed by atoms with van der Waals surface area (Å²) < 4.78 is 3.98. The number of nitrogens with zero attached hydrogens (tertiary/aromatic N) is 6. The van der Waals surface area contributed by atoms with Gasteiger partial charge >= 0.3 is 0 Å². The van der Waals surface area contributed by atoms with Gasteiger partial charge in [-0.1, -0.05) is 24.3 Å². The molecule has 0 radical (unpaired) electrons. The van der Waals surface area contributed by atoms with Gasteiger partial charge in [-0.15, -0.1) is 0 Å². The number of allylic oxidation sites excluding steroid dienone is 3. The summed E-state index contributed by atoms with van der Waals surface area (Å²) in [7, 11) is 0. The number of pyridine rings is 1. The number of carbonyl (C=O) groups excluding carboxylic acids is 2. The van der Waals surface area contributed by atoms with Gasteiger partial charge in [0.15, 0.2) is 0 Å². The van der Waals surface area contributed by atoms with Crippen LogP contribution < -0.4 is 0 Å². The molecule has 1 unspecified atom stereocenters. The fourth-order valence-corrected chi connectivity index (χ4v) is 6.76. The molecule has 42 heavy (non-hydrogen) atoms. The molecular weight excluding hydrogens is 524 g/mol. The number of carbonyl (C=O) groups is 2. The minimum atomic E-state index is -0.127. The van der Waals surface area contributed by atoms with E-state index < -0.39 is 0 Å². The molecule has 0 saturated carbocycles. The van der Waals surface area contributed by atoms with Crippen molar-refractivity contribution in [3.8, 4) is 11.3 Å². The first kappa shape index (κ1) is 26.4. The Labute approximate surface area is 246 Å². The summed E-state index contributed by atoms with van der Waals surface area (Å²) in [6.07, 6.45) is 18.8. The summed E-state index contributed by atoms with van der Waals surface area (Å²) in [6.45, 7) is 5.07. The summed E-state index contributed by atoms with van der Waals surface area (Å²) in [6, 6.07) is 13.8. The topological polar surface area (TPSA) is 75.7 Å². The van der Waals surface area contributed by atoms with Crippen molar-refractivity contribution in [2.75, 3.05) is 26.2 Å². The van der Waals surface area contributed by atoms with E-state index in [0.717, 1.165) is 86.6 Å². The van der Waals surface area contributed by atoms with Gasteiger partial charge in [-0.2, -0.15) is 0 Å². The van der Waals surface area contributed by atoms with E-state index in [1.807, 2.05) is 81.8 Å². The Morgan fingerprint density at radius 3 is 2.45 bits per heavy atom. The number of piperidine rings is 2. The number of hydrogen-bond donors (Lipinski definition) is 0. The largest absolute Gasteiger partial charge is 0.342 e. The van der Waals surface area contributed by atoms with Gasteiger partial charge in [-0.3, -0.25) is 9.59 Å². The Morgan fingerprint density at radius 1 is 0.929 bits per heavy atom. The van der Waals surface area contributed by atoms with E-state index in [0.29, 0.717) is 5.56 Å². The van der Waals surface area contributed by atoms with Crippen LogP contribution in [-0.4, -0.2) is 66.7 Å². The third-order valence-electron chi connectivity index (χ3n) is 9.39. The van der Waals surface area contributed by atoms with Crippen molar-refractivity contribution in [3.63, 3.8) is 0 Å². The molecule has 0 N–H and O–H groups in total. The Hall–Kier alpha value is -4.46. The molecule has 3 aliphatic rings. The Balaban J connectivity index is 0.955. The summed E-state index contributed by atoms with van der Waals surface area (Å²) >= 11 is 0. The van der Waals surface area contributed by atoms with E-state index in [-0.39, 0.29) is 23.1 Å². The quantitative estimate of drug-likeness (QED) is 0.332. The minimum Gasteiger partial charge on any atom is -0.342 e. The normalized spacial score (nSPS) is 20.2. The molecule has 2 aliphatic heterocycles. The number of aromatic nitrogens is 4. The number of benzene rings is 1. The molecule has 4 aromatic rings. The molecule has 2 fully saturated rings. The van der Waals surface area contributed by atoms with Crippen molar-refractivity contribution < 1.29 is 9.59 Å². The highest BCUT2D eigenvalue weighted by molar-refractivity contribution is 5.95. The lowest BCUT2D eigenvalue weighted by Gasteiger charge is -2.47. The highest BCUT2D eigenvalue weighted by atomic mass is 16.2. The van der Waals surface area contributed by atoms with E-state index in [2.05, 4.69) is 28.1 Å². The maximum Gasteiger partial charge on any atom is 0.253 e. The lowest BCUT2D eigenvalue weighted by Crippen LogP contribution is -2.50. The standard InChI is InChI=1S/C34H36N6O2/c1-25-22-40(24-35-25)29-9-5-8-28(21-29)33(42)38-18-13-34(14-19-38)11-16-37(17-12-34)32(41)27-7-4-6-26(20-27)30-23-39-15-3-2-10-31(39)36-30/h2-7,9-10,15,20-24,28H,8,11-14,16-19H2,1H3. The predicted octanol–water partition coefficient (Wildman–Crippen LogP) is 5.47. The molecule has 1 aliphatic carbocycles. The van der Waals surface area contributed by atoms with Gasteiger partial charge in [0.1, 0.15) is 5.65 Å². The molecular formula is C34H36N6O2. The molecule has 214 valence electrons. The molecule has 5 heterocycles. The summed E-state index contributed by atoms with van der Waals surface area (Å²) in [5.41, 5.74) is 5.60. The van der Waals surface area contributed by atoms with Crippen LogP contribution in [-0.2, 0) is 4.79 Å². The van der Waals surface area contributed by atoms with Gasteiger partial charge < -0.3 is 18.8 Å². The van der Waals surface area contributed by atoms with Crippen LogP contribution in [0.25, 0.3) is 22.6 Å². The fraction of sp³-hybridized carbons (Fsp3) is 0.353. The van der Waals surface area contributed by atoms with Gasteiger partial charge in [-0.05, 0) is 80.9 Å².